The van der Waals surface area contributed by atoms with Crippen LogP contribution in [0.15, 0.2) is 53.5 Å². The molecular weight excluding hydrogens is 500 g/mol. The van der Waals surface area contributed by atoms with E-state index in [4.69, 9.17) is 14.2 Å². The van der Waals surface area contributed by atoms with Crippen LogP contribution in [0.5, 0.6) is 0 Å². The number of aliphatic imine (C=N–C) groups is 1. The third-order valence-corrected chi connectivity index (χ3v) is 4.42. The first kappa shape index (κ1) is 31.1. The summed E-state index contributed by atoms with van der Waals surface area (Å²) in [6.45, 7) is 15.8. The van der Waals surface area contributed by atoms with Gasteiger partial charge in [0, 0.05) is 5.69 Å². The van der Waals surface area contributed by atoms with Crippen molar-refractivity contribution in [3.05, 3.63) is 59.7 Å². The lowest BCUT2D eigenvalue weighted by Gasteiger charge is -2.22. The fraction of sp³-hybridized carbons (Fsp3) is 0.448. The van der Waals surface area contributed by atoms with Crippen molar-refractivity contribution in [1.82, 2.24) is 10.6 Å². The van der Waals surface area contributed by atoms with Crippen LogP contribution in [0, 0.1) is 0 Å². The Kier molecular flexibility index (Phi) is 10.1. The lowest BCUT2D eigenvalue weighted by Crippen LogP contribution is -2.47. The van der Waals surface area contributed by atoms with Crippen LogP contribution in [0.4, 0.5) is 25.8 Å². The summed E-state index contributed by atoms with van der Waals surface area (Å²) in [7, 11) is 0. The number of nitrogens with one attached hydrogen (secondary N) is 3. The number of carbonyl (C=O) groups is 3. The van der Waals surface area contributed by atoms with Crippen molar-refractivity contribution in [2.75, 3.05) is 5.32 Å². The fourth-order valence-electron chi connectivity index (χ4n) is 3.07. The summed E-state index contributed by atoms with van der Waals surface area (Å²) in [5.74, 6) is -0.126. The highest BCUT2D eigenvalue weighted by Crippen LogP contribution is 2.18. The Morgan fingerprint density at radius 3 is 1.41 bits per heavy atom. The fourth-order valence-corrected chi connectivity index (χ4v) is 3.07. The van der Waals surface area contributed by atoms with Crippen LogP contribution >= 0.6 is 0 Å². The maximum atomic E-state index is 12.3. The number of amides is 3. The van der Waals surface area contributed by atoms with E-state index in [-0.39, 0.29) is 5.96 Å². The normalized spacial score (nSPS) is 11.6. The monoisotopic (exact) mass is 540 g/mol. The molecule has 212 valence electrons. The summed E-state index contributed by atoms with van der Waals surface area (Å²) < 4.78 is 15.8. The average molecular weight is 541 g/mol. The smallest absolute Gasteiger partial charge is 0.414 e. The van der Waals surface area contributed by atoms with E-state index in [1.54, 1.807) is 53.7 Å². The van der Waals surface area contributed by atoms with Gasteiger partial charge in [-0.2, -0.15) is 0 Å². The van der Waals surface area contributed by atoms with E-state index >= 15 is 0 Å². The molecule has 0 aliphatic rings. The van der Waals surface area contributed by atoms with Crippen LogP contribution in [0.3, 0.4) is 0 Å². The van der Waals surface area contributed by atoms with Gasteiger partial charge in [-0.1, -0.05) is 24.3 Å². The molecule has 39 heavy (non-hydrogen) atoms. The van der Waals surface area contributed by atoms with Crippen LogP contribution in [-0.2, 0) is 20.6 Å². The highest BCUT2D eigenvalue weighted by Gasteiger charge is 2.21. The van der Waals surface area contributed by atoms with Crippen molar-refractivity contribution < 1.29 is 28.6 Å². The Labute approximate surface area is 230 Å². The molecule has 2 aromatic carbocycles. The molecule has 3 N–H and O–H groups in total. The Hall–Kier alpha value is -4.08. The van der Waals surface area contributed by atoms with E-state index < -0.39 is 35.1 Å². The number of benzene rings is 2. The summed E-state index contributed by atoms with van der Waals surface area (Å²) in [6.07, 6.45) is -1.39. The van der Waals surface area contributed by atoms with Gasteiger partial charge in [-0.25, -0.2) is 19.4 Å². The van der Waals surface area contributed by atoms with Crippen LogP contribution in [-0.4, -0.2) is 41.0 Å². The molecule has 0 aromatic heterocycles. The Balaban J connectivity index is 2.10. The average Bonchev–Trinajstić information content (AvgIpc) is 2.72. The van der Waals surface area contributed by atoms with Crippen LogP contribution in [0.25, 0.3) is 0 Å². The highest BCUT2D eigenvalue weighted by molar-refractivity contribution is 6.02. The van der Waals surface area contributed by atoms with Gasteiger partial charge in [0.2, 0.25) is 5.96 Å². The van der Waals surface area contributed by atoms with E-state index in [9.17, 15) is 14.4 Å². The second-order valence-corrected chi connectivity index (χ2v) is 11.9. The zero-order chi connectivity index (χ0) is 29.4. The van der Waals surface area contributed by atoms with Gasteiger partial charge >= 0.3 is 18.3 Å². The molecule has 0 bridgehead atoms. The molecule has 0 heterocycles. The molecule has 2 aromatic rings. The zero-order valence-electron chi connectivity index (χ0n) is 24.2. The number of alkyl carbamates (subject to hydrolysis) is 2. The lowest BCUT2D eigenvalue weighted by atomic mass is 10.0. The second kappa shape index (κ2) is 12.6. The molecular formula is C29H40N4O6. The van der Waals surface area contributed by atoms with Crippen LogP contribution < -0.4 is 16.0 Å². The number of guanidine groups is 1. The predicted molar refractivity (Wildman–Crippen MR) is 151 cm³/mol. The van der Waals surface area contributed by atoms with Crippen molar-refractivity contribution in [3.63, 3.8) is 0 Å². The van der Waals surface area contributed by atoms with Crippen molar-refractivity contribution in [1.29, 1.82) is 0 Å². The molecule has 0 aliphatic heterocycles. The zero-order valence-corrected chi connectivity index (χ0v) is 24.2. The van der Waals surface area contributed by atoms with E-state index in [2.05, 4.69) is 20.9 Å². The highest BCUT2D eigenvalue weighted by atomic mass is 16.6. The third-order valence-electron chi connectivity index (χ3n) is 4.42. The molecule has 0 atom stereocenters. The summed E-state index contributed by atoms with van der Waals surface area (Å²) >= 11 is 0. The van der Waals surface area contributed by atoms with Crippen molar-refractivity contribution in [2.24, 2.45) is 4.99 Å². The van der Waals surface area contributed by atoms with Crippen molar-refractivity contribution in [3.8, 4) is 0 Å². The number of rotatable bonds is 4. The Bertz CT molecular complexity index is 1140. The number of ether oxygens (including phenoxy) is 3. The van der Waals surface area contributed by atoms with Crippen molar-refractivity contribution in [2.45, 2.75) is 85.5 Å². The van der Waals surface area contributed by atoms with Gasteiger partial charge < -0.3 is 14.2 Å². The second-order valence-electron chi connectivity index (χ2n) is 11.9. The van der Waals surface area contributed by atoms with E-state index in [0.29, 0.717) is 17.8 Å². The van der Waals surface area contributed by atoms with Gasteiger partial charge in [0.25, 0.3) is 0 Å². The van der Waals surface area contributed by atoms with Gasteiger partial charge in [-0.05, 0) is 104 Å². The standard InChI is InChI=1S/C29H40N4O6/c1-27(2,3)37-24(34)31-22-16-12-20(13-17-22)18-19-10-14-21(15-11-19)30-23(32-25(35)38-28(4,5)6)33-26(36)39-29(7,8)9/h10-17H,18H2,1-9H3,(H,31,34)(H2,30,32,33,35,36). The van der Waals surface area contributed by atoms with Gasteiger partial charge in [-0.15, -0.1) is 0 Å². The molecule has 0 radical (unpaired) electrons. The quantitative estimate of drug-likeness (QED) is 0.226. The largest absolute Gasteiger partial charge is 0.444 e. The summed E-state index contributed by atoms with van der Waals surface area (Å²) in [5, 5.41) is 7.64. The molecule has 10 nitrogen and oxygen atoms in total. The molecule has 0 aliphatic carbocycles. The van der Waals surface area contributed by atoms with E-state index in [1.165, 1.54) is 0 Å². The summed E-state index contributed by atoms with van der Waals surface area (Å²) in [6, 6.07) is 14.8. The first-order valence-electron chi connectivity index (χ1n) is 12.6. The number of nitrogens with zero attached hydrogens (tertiary/aromatic N) is 1. The minimum Gasteiger partial charge on any atom is -0.444 e. The first-order chi connectivity index (χ1) is 17.9. The van der Waals surface area contributed by atoms with Crippen LogP contribution in [0.1, 0.15) is 73.4 Å². The van der Waals surface area contributed by atoms with E-state index in [0.717, 1.165) is 11.1 Å². The van der Waals surface area contributed by atoms with Gasteiger partial charge in [-0.3, -0.25) is 16.0 Å². The van der Waals surface area contributed by atoms with Gasteiger partial charge in [0.1, 0.15) is 16.8 Å². The summed E-state index contributed by atoms with van der Waals surface area (Å²) in [5.41, 5.74) is 1.17. The maximum absolute atomic E-state index is 12.3. The number of hydrogen-bond donors (Lipinski definition) is 3. The SMILES string of the molecule is CC(C)(C)OC(=O)NC(=Nc1ccc(Cc2ccc(NC(=O)OC(C)(C)C)cc2)cc1)NC(=O)OC(C)(C)C. The predicted octanol–water partition coefficient (Wildman–Crippen LogP) is 6.66. The molecule has 0 unspecified atom stereocenters. The topological polar surface area (TPSA) is 127 Å². The number of carbonyl (C=O) groups excluding carboxylic acids is 3. The minimum absolute atomic E-state index is 0.126. The molecule has 0 saturated heterocycles. The molecule has 0 saturated carbocycles. The molecule has 3 amide bonds. The summed E-state index contributed by atoms with van der Waals surface area (Å²) in [4.78, 5) is 40.9. The molecule has 10 heteroatoms. The maximum Gasteiger partial charge on any atom is 0.414 e. The minimum atomic E-state index is -0.765. The Morgan fingerprint density at radius 2 is 1.00 bits per heavy atom. The third kappa shape index (κ3) is 13.3. The van der Waals surface area contributed by atoms with Gasteiger partial charge in [0.05, 0.1) is 5.69 Å². The van der Waals surface area contributed by atoms with Crippen LogP contribution in [0.2, 0.25) is 0 Å². The van der Waals surface area contributed by atoms with Crippen molar-refractivity contribution >= 4 is 35.6 Å². The van der Waals surface area contributed by atoms with Gasteiger partial charge in [0.15, 0.2) is 0 Å². The molecule has 2 rings (SSSR count). The molecule has 0 spiro atoms. The number of hydrogen-bond acceptors (Lipinski definition) is 7. The number of anilines is 1. The Morgan fingerprint density at radius 1 is 0.615 bits per heavy atom. The lowest BCUT2D eigenvalue weighted by molar-refractivity contribution is 0.0542. The van der Waals surface area contributed by atoms with E-state index in [1.807, 2.05) is 57.2 Å². The molecule has 0 fully saturated rings. The first-order valence-corrected chi connectivity index (χ1v) is 12.6.